The highest BCUT2D eigenvalue weighted by Crippen LogP contribution is 2.32. The minimum absolute atomic E-state index is 0.0412. The van der Waals surface area contributed by atoms with Crippen LogP contribution >= 0.6 is 31.4 Å². The Morgan fingerprint density at radius 2 is 1.95 bits per heavy atom. The van der Waals surface area contributed by atoms with Crippen LogP contribution in [0.1, 0.15) is 12.0 Å². The Morgan fingerprint density at radius 3 is 2.55 bits per heavy atom. The summed E-state index contributed by atoms with van der Waals surface area (Å²) in [6, 6.07) is 9.06. The van der Waals surface area contributed by atoms with Crippen molar-refractivity contribution in [3.8, 4) is 0 Å². The smallest absolute Gasteiger partial charge is 0.328 e. The van der Waals surface area contributed by atoms with E-state index in [1.807, 2.05) is 36.6 Å². The van der Waals surface area contributed by atoms with Crippen LogP contribution in [0.3, 0.4) is 0 Å². The van der Waals surface area contributed by atoms with Gasteiger partial charge in [0.25, 0.3) is 0 Å². The van der Waals surface area contributed by atoms with E-state index in [0.29, 0.717) is 12.8 Å². The van der Waals surface area contributed by atoms with Crippen LogP contribution in [0.5, 0.6) is 0 Å². The van der Waals surface area contributed by atoms with Gasteiger partial charge in [-0.2, -0.15) is 0 Å². The molecule has 0 N–H and O–H groups in total. The maximum atomic E-state index is 12.2. The lowest BCUT2D eigenvalue weighted by atomic mass is 10.0. The summed E-state index contributed by atoms with van der Waals surface area (Å²) in [6.45, 7) is 0. The number of hydrogen-bond acceptors (Lipinski definition) is 6. The zero-order chi connectivity index (χ0) is 16.4. The molecule has 7 heteroatoms. The third-order valence-electron chi connectivity index (χ3n) is 3.12. The van der Waals surface area contributed by atoms with Gasteiger partial charge in [-0.3, -0.25) is 4.79 Å². The monoisotopic (exact) mass is 359 g/mol. The molecule has 122 valence electrons. The fourth-order valence-corrected chi connectivity index (χ4v) is 4.56. The number of methoxy groups -OCH3 is 1. The first-order valence-corrected chi connectivity index (χ1v) is 10.9. The minimum Gasteiger partial charge on any atom is -0.467 e. The van der Waals surface area contributed by atoms with Gasteiger partial charge in [0.1, 0.15) is 6.04 Å². The zero-order valence-corrected chi connectivity index (χ0v) is 15.4. The average Bonchev–Trinajstić information content (AvgIpc) is 2.56. The molecule has 0 aliphatic rings. The van der Waals surface area contributed by atoms with Crippen LogP contribution in [0.4, 0.5) is 0 Å². The van der Waals surface area contributed by atoms with Crippen molar-refractivity contribution >= 4 is 43.3 Å². The van der Waals surface area contributed by atoms with Crippen molar-refractivity contribution < 1.29 is 14.3 Å². The zero-order valence-electron chi connectivity index (χ0n) is 13.0. The lowest BCUT2D eigenvalue weighted by Gasteiger charge is -2.26. The summed E-state index contributed by atoms with van der Waals surface area (Å²) in [6.07, 6.45) is 2.87. The van der Waals surface area contributed by atoms with Crippen molar-refractivity contribution in [3.05, 3.63) is 35.9 Å². The largest absolute Gasteiger partial charge is 0.467 e. The van der Waals surface area contributed by atoms with Crippen molar-refractivity contribution in [2.24, 2.45) is 0 Å². The number of esters is 1. The second-order valence-corrected chi connectivity index (χ2v) is 8.99. The third kappa shape index (κ3) is 6.54. The summed E-state index contributed by atoms with van der Waals surface area (Å²) in [5, 5.41) is 0. The maximum Gasteiger partial charge on any atom is 0.328 e. The number of rotatable bonds is 9. The van der Waals surface area contributed by atoms with E-state index in [-0.39, 0.29) is 11.9 Å². The van der Waals surface area contributed by atoms with Gasteiger partial charge in [-0.1, -0.05) is 51.9 Å². The van der Waals surface area contributed by atoms with Crippen LogP contribution in [0.15, 0.2) is 30.3 Å². The van der Waals surface area contributed by atoms with Crippen LogP contribution < -0.4 is 0 Å². The second kappa shape index (κ2) is 10.9. The Hall–Kier alpha value is -0.790. The molecule has 0 aliphatic carbocycles. The number of hydrogen-bond donors (Lipinski definition) is 0. The van der Waals surface area contributed by atoms with Crippen molar-refractivity contribution in [3.63, 3.8) is 0 Å². The van der Waals surface area contributed by atoms with Crippen LogP contribution in [0.25, 0.3) is 0 Å². The van der Waals surface area contributed by atoms with E-state index in [1.165, 1.54) is 12.0 Å². The molecule has 0 spiro atoms. The first-order valence-electron chi connectivity index (χ1n) is 6.79. The predicted octanol–water partition coefficient (Wildman–Crippen LogP) is 3.28. The number of nitrogens with zero attached hydrogens (tertiary/aromatic N) is 1. The SMILES string of the molecule is COC(=O)C(Cc1ccccc1)N(C)C(=O)CCSSSC. The molecule has 1 rings (SSSR count). The maximum absolute atomic E-state index is 12.2. The van der Waals surface area contributed by atoms with Gasteiger partial charge in [0.05, 0.1) is 7.11 Å². The first kappa shape index (κ1) is 19.3. The Balaban J connectivity index is 2.66. The van der Waals surface area contributed by atoms with Crippen molar-refractivity contribution in [1.82, 2.24) is 4.90 Å². The Kier molecular flexibility index (Phi) is 9.50. The summed E-state index contributed by atoms with van der Waals surface area (Å²) >= 11 is 0. The summed E-state index contributed by atoms with van der Waals surface area (Å²) < 4.78 is 4.85. The molecule has 0 saturated heterocycles. The van der Waals surface area contributed by atoms with E-state index in [1.54, 1.807) is 38.5 Å². The molecule has 0 bridgehead atoms. The molecular formula is C15H21NO3S3. The van der Waals surface area contributed by atoms with Crippen LogP contribution in [0.2, 0.25) is 0 Å². The second-order valence-electron chi connectivity index (χ2n) is 4.54. The molecule has 1 amide bonds. The number of benzene rings is 1. The van der Waals surface area contributed by atoms with Gasteiger partial charge in [-0.25, -0.2) is 4.79 Å². The van der Waals surface area contributed by atoms with Gasteiger partial charge in [-0.05, 0) is 21.6 Å². The highest BCUT2D eigenvalue weighted by Gasteiger charge is 2.27. The number of carbonyl (C=O) groups excluding carboxylic acids is 2. The molecule has 22 heavy (non-hydrogen) atoms. The normalized spacial score (nSPS) is 11.8. The number of amides is 1. The van der Waals surface area contributed by atoms with E-state index in [0.717, 1.165) is 11.3 Å². The lowest BCUT2D eigenvalue weighted by Crippen LogP contribution is -2.44. The van der Waals surface area contributed by atoms with Gasteiger partial charge in [-0.15, -0.1) is 0 Å². The van der Waals surface area contributed by atoms with E-state index in [9.17, 15) is 9.59 Å². The van der Waals surface area contributed by atoms with Gasteiger partial charge in [0.15, 0.2) is 0 Å². The Morgan fingerprint density at radius 1 is 1.27 bits per heavy atom. The summed E-state index contributed by atoms with van der Waals surface area (Å²) in [5.41, 5.74) is 1.00. The summed E-state index contributed by atoms with van der Waals surface area (Å²) in [4.78, 5) is 25.8. The molecule has 0 saturated carbocycles. The quantitative estimate of drug-likeness (QED) is 0.383. The standard InChI is InChI=1S/C15H21NO3S3/c1-16(14(17)9-10-21-22-20-3)13(15(18)19-2)11-12-7-5-4-6-8-12/h4-8,13H,9-11H2,1-3H3. The van der Waals surface area contributed by atoms with Crippen molar-refractivity contribution in [2.75, 3.05) is 26.2 Å². The number of ether oxygens (including phenoxy) is 1. The number of carbonyl (C=O) groups is 2. The van der Waals surface area contributed by atoms with Crippen LogP contribution in [0, 0.1) is 0 Å². The van der Waals surface area contributed by atoms with E-state index >= 15 is 0 Å². The van der Waals surface area contributed by atoms with Gasteiger partial charge < -0.3 is 9.64 Å². The average molecular weight is 360 g/mol. The molecule has 1 aromatic rings. The molecule has 0 heterocycles. The molecule has 0 fully saturated rings. The molecular weight excluding hydrogens is 338 g/mol. The van der Waals surface area contributed by atoms with Crippen molar-refractivity contribution in [2.45, 2.75) is 18.9 Å². The van der Waals surface area contributed by atoms with Gasteiger partial charge in [0, 0.05) is 25.6 Å². The third-order valence-corrected chi connectivity index (χ3v) is 7.01. The molecule has 1 atom stereocenters. The fourth-order valence-electron chi connectivity index (χ4n) is 1.91. The van der Waals surface area contributed by atoms with Crippen molar-refractivity contribution in [1.29, 1.82) is 0 Å². The van der Waals surface area contributed by atoms with Crippen LogP contribution in [-0.2, 0) is 20.7 Å². The van der Waals surface area contributed by atoms with Gasteiger partial charge >= 0.3 is 5.97 Å². The van der Waals surface area contributed by atoms with E-state index in [2.05, 4.69) is 0 Å². The number of likely N-dealkylation sites (N-methyl/N-ethyl adjacent to an activating group) is 1. The molecule has 0 aromatic heterocycles. The minimum atomic E-state index is -0.585. The Labute approximate surface area is 143 Å². The highest BCUT2D eigenvalue weighted by molar-refractivity contribution is 9.09. The molecule has 4 nitrogen and oxygen atoms in total. The Bertz CT molecular complexity index is 470. The molecule has 1 unspecified atom stereocenters. The molecule has 0 aliphatic heterocycles. The fraction of sp³-hybridized carbons (Fsp3) is 0.467. The van der Waals surface area contributed by atoms with Crippen LogP contribution in [-0.4, -0.2) is 49.0 Å². The predicted molar refractivity (Wildman–Crippen MR) is 96.9 cm³/mol. The summed E-state index contributed by atoms with van der Waals surface area (Å²) in [7, 11) is 7.97. The van der Waals surface area contributed by atoms with E-state index in [4.69, 9.17) is 4.74 Å². The lowest BCUT2D eigenvalue weighted by molar-refractivity contribution is -0.151. The molecule has 1 aromatic carbocycles. The molecule has 0 radical (unpaired) electrons. The van der Waals surface area contributed by atoms with Gasteiger partial charge in [0.2, 0.25) is 5.91 Å². The highest BCUT2D eigenvalue weighted by atomic mass is 33.5. The topological polar surface area (TPSA) is 46.6 Å². The van der Waals surface area contributed by atoms with E-state index < -0.39 is 6.04 Å². The first-order chi connectivity index (χ1) is 10.6. The summed E-state index contributed by atoms with van der Waals surface area (Å²) in [5.74, 6) is 0.305.